The van der Waals surface area contributed by atoms with Crippen LogP contribution in [0.25, 0.3) is 10.8 Å². The number of anilines is 1. The number of benzene rings is 4. The van der Waals surface area contributed by atoms with Gasteiger partial charge in [0, 0.05) is 11.6 Å². The molecule has 0 aliphatic heterocycles. The first-order valence-corrected chi connectivity index (χ1v) is 10.9. The van der Waals surface area contributed by atoms with Crippen LogP contribution in [0.2, 0.25) is 10.0 Å². The molecule has 31 heavy (non-hydrogen) atoms. The second kappa shape index (κ2) is 9.95. The molecule has 0 saturated heterocycles. The summed E-state index contributed by atoms with van der Waals surface area (Å²) in [7, 11) is 0. The second-order valence-electron chi connectivity index (χ2n) is 7.12. The molecule has 0 heterocycles. The van der Waals surface area contributed by atoms with E-state index < -0.39 is 0 Å². The van der Waals surface area contributed by atoms with Crippen LogP contribution in [0.1, 0.15) is 18.1 Å². The third-order valence-electron chi connectivity index (χ3n) is 4.99. The Bertz CT molecular complexity index is 1190. The van der Waals surface area contributed by atoms with Crippen LogP contribution in [0.3, 0.4) is 0 Å². The highest BCUT2D eigenvalue weighted by Gasteiger charge is 2.09. The summed E-state index contributed by atoms with van der Waals surface area (Å²) in [6.07, 6.45) is 0. The zero-order chi connectivity index (χ0) is 21.6. The number of ether oxygens (including phenoxy) is 2. The number of fused-ring (bicyclic) bond motifs is 1. The Kier molecular flexibility index (Phi) is 6.86. The van der Waals surface area contributed by atoms with Crippen LogP contribution in [0.5, 0.6) is 11.5 Å². The maximum Gasteiger partial charge on any atom is 0.161 e. The van der Waals surface area contributed by atoms with E-state index in [2.05, 4.69) is 35.6 Å². The van der Waals surface area contributed by atoms with Crippen LogP contribution >= 0.6 is 23.2 Å². The van der Waals surface area contributed by atoms with Crippen molar-refractivity contribution in [2.45, 2.75) is 20.1 Å². The van der Waals surface area contributed by atoms with E-state index >= 15 is 0 Å². The SMILES string of the molecule is CCOc1cc(CNc2ccc(Cl)cc2Cl)ccc1OCc1cccc2ccccc12. The number of rotatable bonds is 8. The molecule has 5 heteroatoms. The van der Waals surface area contributed by atoms with Crippen LogP contribution in [-0.2, 0) is 13.2 Å². The molecule has 0 fully saturated rings. The largest absolute Gasteiger partial charge is 0.490 e. The molecule has 0 aromatic heterocycles. The standard InChI is InChI=1S/C26H23Cl2NO2/c1-2-30-26-14-18(16-29-24-12-11-21(27)15-23(24)28)10-13-25(26)31-17-20-8-5-7-19-6-3-4-9-22(19)20/h3-15,29H,2,16-17H2,1H3. The van der Waals surface area contributed by atoms with Gasteiger partial charge in [0.05, 0.1) is 17.3 Å². The number of nitrogens with one attached hydrogen (secondary N) is 1. The molecule has 0 aliphatic rings. The molecular formula is C26H23Cl2NO2. The Morgan fingerprint density at radius 1 is 0.806 bits per heavy atom. The quantitative estimate of drug-likeness (QED) is 0.297. The third-order valence-corrected chi connectivity index (χ3v) is 5.53. The van der Waals surface area contributed by atoms with Gasteiger partial charge in [-0.1, -0.05) is 71.7 Å². The Balaban J connectivity index is 1.49. The van der Waals surface area contributed by atoms with Crippen molar-refractivity contribution in [1.82, 2.24) is 0 Å². The molecule has 158 valence electrons. The van der Waals surface area contributed by atoms with Crippen LogP contribution in [0.4, 0.5) is 5.69 Å². The molecule has 0 saturated carbocycles. The molecule has 0 radical (unpaired) electrons. The lowest BCUT2D eigenvalue weighted by Gasteiger charge is -2.15. The highest BCUT2D eigenvalue weighted by atomic mass is 35.5. The highest BCUT2D eigenvalue weighted by Crippen LogP contribution is 2.31. The molecule has 0 unspecified atom stereocenters. The Morgan fingerprint density at radius 3 is 2.48 bits per heavy atom. The van der Waals surface area contributed by atoms with Gasteiger partial charge in [0.15, 0.2) is 11.5 Å². The van der Waals surface area contributed by atoms with Crippen molar-refractivity contribution in [3.63, 3.8) is 0 Å². The summed E-state index contributed by atoms with van der Waals surface area (Å²) in [6.45, 7) is 3.60. The molecule has 4 aromatic carbocycles. The molecular weight excluding hydrogens is 429 g/mol. The Morgan fingerprint density at radius 2 is 1.65 bits per heavy atom. The third kappa shape index (κ3) is 5.25. The minimum Gasteiger partial charge on any atom is -0.490 e. The first-order chi connectivity index (χ1) is 15.1. The van der Waals surface area contributed by atoms with Gasteiger partial charge in [-0.05, 0) is 59.2 Å². The van der Waals surface area contributed by atoms with Crippen molar-refractivity contribution >= 4 is 39.7 Å². The lowest BCUT2D eigenvalue weighted by molar-refractivity contribution is 0.270. The summed E-state index contributed by atoms with van der Waals surface area (Å²) in [6, 6.07) is 26.0. The average Bonchev–Trinajstić information content (AvgIpc) is 2.78. The fourth-order valence-corrected chi connectivity index (χ4v) is 3.93. The van der Waals surface area contributed by atoms with E-state index in [0.717, 1.165) is 28.3 Å². The maximum atomic E-state index is 6.25. The molecule has 0 aliphatic carbocycles. The van der Waals surface area contributed by atoms with E-state index in [9.17, 15) is 0 Å². The first-order valence-electron chi connectivity index (χ1n) is 10.2. The minimum atomic E-state index is 0.472. The Labute approximate surface area is 192 Å². The fourth-order valence-electron chi connectivity index (χ4n) is 3.45. The van der Waals surface area contributed by atoms with Gasteiger partial charge in [0.2, 0.25) is 0 Å². The number of hydrogen-bond donors (Lipinski definition) is 1. The van der Waals surface area contributed by atoms with Gasteiger partial charge in [0.1, 0.15) is 6.61 Å². The predicted molar refractivity (Wildman–Crippen MR) is 130 cm³/mol. The van der Waals surface area contributed by atoms with Crippen LogP contribution < -0.4 is 14.8 Å². The van der Waals surface area contributed by atoms with Crippen LogP contribution in [0.15, 0.2) is 78.9 Å². The van der Waals surface area contributed by atoms with Gasteiger partial charge in [-0.15, -0.1) is 0 Å². The first kappa shape index (κ1) is 21.4. The molecule has 0 amide bonds. The van der Waals surface area contributed by atoms with Crippen molar-refractivity contribution < 1.29 is 9.47 Å². The maximum absolute atomic E-state index is 6.25. The lowest BCUT2D eigenvalue weighted by Crippen LogP contribution is -2.03. The molecule has 0 atom stereocenters. The number of hydrogen-bond acceptors (Lipinski definition) is 3. The van der Waals surface area contributed by atoms with E-state index in [4.69, 9.17) is 32.7 Å². The topological polar surface area (TPSA) is 30.5 Å². The summed E-state index contributed by atoms with van der Waals surface area (Å²) >= 11 is 12.2. The van der Waals surface area contributed by atoms with E-state index in [-0.39, 0.29) is 0 Å². The second-order valence-corrected chi connectivity index (χ2v) is 7.96. The summed E-state index contributed by atoms with van der Waals surface area (Å²) in [5, 5.41) is 6.94. The van der Waals surface area contributed by atoms with Crippen molar-refractivity contribution in [1.29, 1.82) is 0 Å². The van der Waals surface area contributed by atoms with Crippen molar-refractivity contribution in [2.24, 2.45) is 0 Å². The van der Waals surface area contributed by atoms with E-state index in [1.807, 2.05) is 49.4 Å². The van der Waals surface area contributed by atoms with Crippen molar-refractivity contribution in [3.8, 4) is 11.5 Å². The lowest BCUT2D eigenvalue weighted by atomic mass is 10.1. The van der Waals surface area contributed by atoms with Gasteiger partial charge >= 0.3 is 0 Å². The van der Waals surface area contributed by atoms with Crippen LogP contribution in [-0.4, -0.2) is 6.61 Å². The molecule has 4 rings (SSSR count). The molecule has 1 N–H and O–H groups in total. The predicted octanol–water partition coefficient (Wildman–Crippen LogP) is 7.74. The van der Waals surface area contributed by atoms with E-state index in [1.165, 1.54) is 10.8 Å². The summed E-state index contributed by atoms with van der Waals surface area (Å²) < 4.78 is 12.0. The smallest absolute Gasteiger partial charge is 0.161 e. The Hall–Kier alpha value is -2.88. The summed E-state index contributed by atoms with van der Waals surface area (Å²) in [5.74, 6) is 1.45. The van der Waals surface area contributed by atoms with Crippen LogP contribution in [0, 0.1) is 0 Å². The van der Waals surface area contributed by atoms with Gasteiger partial charge in [-0.2, -0.15) is 0 Å². The highest BCUT2D eigenvalue weighted by molar-refractivity contribution is 6.36. The normalized spacial score (nSPS) is 10.8. The van der Waals surface area contributed by atoms with Gasteiger partial charge in [-0.25, -0.2) is 0 Å². The van der Waals surface area contributed by atoms with Gasteiger partial charge in [-0.3, -0.25) is 0 Å². The minimum absolute atomic E-state index is 0.472. The number of halogens is 2. The zero-order valence-corrected chi connectivity index (χ0v) is 18.7. The summed E-state index contributed by atoms with van der Waals surface area (Å²) in [5.41, 5.74) is 3.04. The van der Waals surface area contributed by atoms with E-state index in [1.54, 1.807) is 6.07 Å². The van der Waals surface area contributed by atoms with Crippen molar-refractivity contribution in [3.05, 3.63) is 100 Å². The fraction of sp³-hybridized carbons (Fsp3) is 0.154. The molecule has 0 bridgehead atoms. The molecule has 0 spiro atoms. The monoisotopic (exact) mass is 451 g/mol. The molecule has 3 nitrogen and oxygen atoms in total. The van der Waals surface area contributed by atoms with E-state index in [0.29, 0.717) is 29.8 Å². The summed E-state index contributed by atoms with van der Waals surface area (Å²) in [4.78, 5) is 0. The van der Waals surface area contributed by atoms with Crippen molar-refractivity contribution in [2.75, 3.05) is 11.9 Å². The average molecular weight is 452 g/mol. The zero-order valence-electron chi connectivity index (χ0n) is 17.2. The van der Waals surface area contributed by atoms with Gasteiger partial charge < -0.3 is 14.8 Å². The molecule has 4 aromatic rings. The van der Waals surface area contributed by atoms with Gasteiger partial charge in [0.25, 0.3) is 0 Å².